The van der Waals surface area contributed by atoms with E-state index in [1.165, 1.54) is 0 Å². The summed E-state index contributed by atoms with van der Waals surface area (Å²) in [5.74, 6) is -0.0770. The van der Waals surface area contributed by atoms with Crippen molar-refractivity contribution in [1.82, 2.24) is 10.2 Å². The SMILES string of the molecule is CN(C)C(C)(C)CNC(=O)C1(C#N)CCCCCC1. The van der Waals surface area contributed by atoms with Gasteiger partial charge in [0.15, 0.2) is 0 Å². The van der Waals surface area contributed by atoms with E-state index in [1.807, 2.05) is 14.1 Å². The molecule has 0 saturated heterocycles. The zero-order valence-electron chi connectivity index (χ0n) is 12.8. The van der Waals surface area contributed by atoms with Crippen LogP contribution in [0.1, 0.15) is 52.4 Å². The molecule has 0 radical (unpaired) electrons. The molecule has 1 N–H and O–H groups in total. The average molecular weight is 265 g/mol. The fourth-order valence-corrected chi connectivity index (χ4v) is 2.35. The molecule has 4 heteroatoms. The zero-order chi connectivity index (χ0) is 14.5. The highest BCUT2D eigenvalue weighted by Gasteiger charge is 2.39. The molecule has 1 rings (SSSR count). The topological polar surface area (TPSA) is 56.1 Å². The van der Waals surface area contributed by atoms with Gasteiger partial charge in [-0.1, -0.05) is 25.7 Å². The molecule has 0 spiro atoms. The van der Waals surface area contributed by atoms with Crippen LogP contribution in [0.4, 0.5) is 0 Å². The van der Waals surface area contributed by atoms with E-state index in [0.29, 0.717) is 19.4 Å². The van der Waals surface area contributed by atoms with Gasteiger partial charge in [-0.25, -0.2) is 0 Å². The lowest BCUT2D eigenvalue weighted by Crippen LogP contribution is -2.51. The fraction of sp³-hybridized carbons (Fsp3) is 0.867. The van der Waals surface area contributed by atoms with Gasteiger partial charge in [0.1, 0.15) is 5.41 Å². The summed E-state index contributed by atoms with van der Waals surface area (Å²) in [7, 11) is 4.00. The van der Waals surface area contributed by atoms with Crippen LogP contribution in [0.2, 0.25) is 0 Å². The molecule has 0 bridgehead atoms. The lowest BCUT2D eigenvalue weighted by atomic mass is 9.81. The lowest BCUT2D eigenvalue weighted by molar-refractivity contribution is -0.129. The number of carbonyl (C=O) groups excluding carboxylic acids is 1. The summed E-state index contributed by atoms with van der Waals surface area (Å²) in [6.07, 6.45) is 5.66. The van der Waals surface area contributed by atoms with Crippen LogP contribution in [0, 0.1) is 16.7 Å². The minimum Gasteiger partial charge on any atom is -0.353 e. The van der Waals surface area contributed by atoms with Gasteiger partial charge in [-0.2, -0.15) is 5.26 Å². The first-order chi connectivity index (χ1) is 8.84. The molecule has 19 heavy (non-hydrogen) atoms. The first kappa shape index (κ1) is 16.0. The van der Waals surface area contributed by atoms with Crippen molar-refractivity contribution in [1.29, 1.82) is 5.26 Å². The first-order valence-corrected chi connectivity index (χ1v) is 7.21. The summed E-state index contributed by atoms with van der Waals surface area (Å²) in [6.45, 7) is 4.74. The Bertz CT molecular complexity index is 347. The van der Waals surface area contributed by atoms with Crippen LogP contribution in [-0.2, 0) is 4.79 Å². The normalized spacial score (nSPS) is 19.6. The molecule has 0 heterocycles. The van der Waals surface area contributed by atoms with Crippen LogP contribution >= 0.6 is 0 Å². The van der Waals surface area contributed by atoms with Gasteiger partial charge in [-0.3, -0.25) is 4.79 Å². The number of rotatable bonds is 4. The lowest BCUT2D eigenvalue weighted by Gasteiger charge is -2.34. The van der Waals surface area contributed by atoms with Crippen LogP contribution in [0.5, 0.6) is 0 Å². The molecule has 1 aliphatic carbocycles. The van der Waals surface area contributed by atoms with Crippen LogP contribution < -0.4 is 5.32 Å². The van der Waals surface area contributed by atoms with Crippen molar-refractivity contribution in [2.45, 2.75) is 57.9 Å². The molecule has 1 aliphatic rings. The van der Waals surface area contributed by atoms with Crippen LogP contribution in [-0.4, -0.2) is 37.0 Å². The van der Waals surface area contributed by atoms with Gasteiger partial charge in [0.2, 0.25) is 5.91 Å². The number of hydrogen-bond donors (Lipinski definition) is 1. The molecule has 1 fully saturated rings. The van der Waals surface area contributed by atoms with E-state index in [-0.39, 0.29) is 11.4 Å². The molecule has 0 aromatic carbocycles. The van der Waals surface area contributed by atoms with Gasteiger partial charge in [-0.15, -0.1) is 0 Å². The number of amides is 1. The van der Waals surface area contributed by atoms with Crippen molar-refractivity contribution in [2.24, 2.45) is 5.41 Å². The molecule has 1 amide bonds. The van der Waals surface area contributed by atoms with Gasteiger partial charge in [-0.05, 0) is 40.8 Å². The summed E-state index contributed by atoms with van der Waals surface area (Å²) in [5.41, 5.74) is -0.893. The average Bonchev–Trinajstić information content (AvgIpc) is 2.62. The molecule has 4 nitrogen and oxygen atoms in total. The fourth-order valence-electron chi connectivity index (χ4n) is 2.35. The minimum atomic E-state index is -0.793. The van der Waals surface area contributed by atoms with Gasteiger partial charge in [0, 0.05) is 12.1 Å². The van der Waals surface area contributed by atoms with E-state index < -0.39 is 5.41 Å². The van der Waals surface area contributed by atoms with Crippen molar-refractivity contribution in [3.63, 3.8) is 0 Å². The Hall–Kier alpha value is -1.08. The summed E-state index contributed by atoms with van der Waals surface area (Å²) < 4.78 is 0. The smallest absolute Gasteiger partial charge is 0.240 e. The molecule has 0 unspecified atom stereocenters. The molecule has 0 atom stereocenters. The predicted octanol–water partition coefficient (Wildman–Crippen LogP) is 2.31. The predicted molar refractivity (Wildman–Crippen MR) is 76.5 cm³/mol. The second-order valence-corrected chi connectivity index (χ2v) is 6.50. The number of nitrogens with zero attached hydrogens (tertiary/aromatic N) is 2. The Morgan fingerprint density at radius 1 is 1.26 bits per heavy atom. The molecule has 0 aromatic rings. The van der Waals surface area contributed by atoms with E-state index >= 15 is 0 Å². The van der Waals surface area contributed by atoms with E-state index in [1.54, 1.807) is 0 Å². The highest BCUT2D eigenvalue weighted by atomic mass is 16.2. The van der Waals surface area contributed by atoms with E-state index in [2.05, 4.69) is 30.1 Å². The maximum absolute atomic E-state index is 12.4. The molecule has 108 valence electrons. The summed E-state index contributed by atoms with van der Waals surface area (Å²) in [6, 6.07) is 2.30. The number of carbonyl (C=O) groups is 1. The van der Waals surface area contributed by atoms with Crippen LogP contribution in [0.15, 0.2) is 0 Å². The minimum absolute atomic E-state index is 0.0770. The summed E-state index contributed by atoms with van der Waals surface area (Å²) >= 11 is 0. The molecule has 0 aromatic heterocycles. The maximum Gasteiger partial charge on any atom is 0.240 e. The monoisotopic (exact) mass is 265 g/mol. The third-order valence-corrected chi connectivity index (χ3v) is 4.50. The van der Waals surface area contributed by atoms with Crippen LogP contribution in [0.3, 0.4) is 0 Å². The van der Waals surface area contributed by atoms with Gasteiger partial charge in [0.25, 0.3) is 0 Å². The highest BCUT2D eigenvalue weighted by Crippen LogP contribution is 2.34. The van der Waals surface area contributed by atoms with Gasteiger partial charge in [0.05, 0.1) is 6.07 Å². The van der Waals surface area contributed by atoms with Gasteiger partial charge >= 0.3 is 0 Å². The quantitative estimate of drug-likeness (QED) is 0.794. The zero-order valence-corrected chi connectivity index (χ0v) is 12.8. The van der Waals surface area contributed by atoms with E-state index in [0.717, 1.165) is 25.7 Å². The second kappa shape index (κ2) is 6.38. The highest BCUT2D eigenvalue weighted by molar-refractivity contribution is 5.85. The van der Waals surface area contributed by atoms with Crippen molar-refractivity contribution in [3.05, 3.63) is 0 Å². The largest absolute Gasteiger partial charge is 0.353 e. The summed E-state index contributed by atoms with van der Waals surface area (Å²) in [4.78, 5) is 14.5. The second-order valence-electron chi connectivity index (χ2n) is 6.50. The van der Waals surface area contributed by atoms with Gasteiger partial charge < -0.3 is 10.2 Å². The van der Waals surface area contributed by atoms with Crippen molar-refractivity contribution < 1.29 is 4.79 Å². The van der Waals surface area contributed by atoms with Crippen LogP contribution in [0.25, 0.3) is 0 Å². The van der Waals surface area contributed by atoms with E-state index in [9.17, 15) is 10.1 Å². The first-order valence-electron chi connectivity index (χ1n) is 7.21. The Morgan fingerprint density at radius 3 is 2.21 bits per heavy atom. The number of nitrogens with one attached hydrogen (secondary N) is 1. The van der Waals surface area contributed by atoms with Crippen molar-refractivity contribution >= 4 is 5.91 Å². The molecular formula is C15H27N3O. The Kier molecular flexibility index (Phi) is 5.37. The third-order valence-electron chi connectivity index (χ3n) is 4.50. The standard InChI is InChI=1S/C15H27N3O/c1-14(2,18(3)4)12-17-13(19)15(11-16)9-7-5-6-8-10-15/h5-10,12H2,1-4H3,(H,17,19). The third kappa shape index (κ3) is 3.94. The molecule has 0 aliphatic heterocycles. The van der Waals surface area contributed by atoms with Crippen molar-refractivity contribution in [3.8, 4) is 6.07 Å². The number of nitriles is 1. The molecular weight excluding hydrogens is 238 g/mol. The number of hydrogen-bond acceptors (Lipinski definition) is 3. The Labute approximate surface area is 117 Å². The number of likely N-dealkylation sites (N-methyl/N-ethyl adjacent to an activating group) is 1. The Balaban J connectivity index is 2.67. The maximum atomic E-state index is 12.4. The summed E-state index contributed by atoms with van der Waals surface area (Å²) in [5, 5.41) is 12.4. The van der Waals surface area contributed by atoms with Crippen molar-refractivity contribution in [2.75, 3.05) is 20.6 Å². The Morgan fingerprint density at radius 2 is 1.79 bits per heavy atom. The van der Waals surface area contributed by atoms with E-state index in [4.69, 9.17) is 0 Å². The molecule has 1 saturated carbocycles.